The van der Waals surface area contributed by atoms with Crippen LogP contribution >= 0.6 is 0 Å². The van der Waals surface area contributed by atoms with Crippen LogP contribution in [0.2, 0.25) is 0 Å². The van der Waals surface area contributed by atoms with Crippen molar-refractivity contribution in [3.05, 3.63) is 12.7 Å². The first kappa shape index (κ1) is 15.7. The molecule has 0 saturated heterocycles. The Labute approximate surface area is 103 Å². The third kappa shape index (κ3) is 4.59. The second-order valence-corrected chi connectivity index (χ2v) is 4.04. The van der Waals surface area contributed by atoms with Gasteiger partial charge >= 0.3 is 11.9 Å². The zero-order valence-electron chi connectivity index (χ0n) is 11.1. The number of hydrogen-bond donors (Lipinski definition) is 0. The zero-order chi connectivity index (χ0) is 13.4. The van der Waals surface area contributed by atoms with E-state index in [0.717, 1.165) is 0 Å². The van der Waals surface area contributed by atoms with Crippen molar-refractivity contribution in [3.63, 3.8) is 0 Å². The van der Waals surface area contributed by atoms with Crippen LogP contribution in [0.15, 0.2) is 12.7 Å². The molecule has 0 aromatic rings. The maximum Gasteiger partial charge on any atom is 0.320 e. The number of hydrogen-bond acceptors (Lipinski definition) is 4. The third-order valence-corrected chi connectivity index (χ3v) is 2.51. The largest absolute Gasteiger partial charge is 0.465 e. The van der Waals surface area contributed by atoms with Gasteiger partial charge in [-0.25, -0.2) is 0 Å². The van der Waals surface area contributed by atoms with Gasteiger partial charge in [-0.2, -0.15) is 0 Å². The Morgan fingerprint density at radius 3 is 1.76 bits per heavy atom. The Hall–Kier alpha value is -1.32. The summed E-state index contributed by atoms with van der Waals surface area (Å²) in [7, 11) is 0. The van der Waals surface area contributed by atoms with Crippen LogP contribution in [0.5, 0.6) is 0 Å². The van der Waals surface area contributed by atoms with E-state index in [1.807, 2.05) is 13.8 Å². The molecule has 0 saturated carbocycles. The number of ether oxygens (including phenoxy) is 2. The lowest BCUT2D eigenvalue weighted by Crippen LogP contribution is -2.36. The predicted octanol–water partition coefficient (Wildman–Crippen LogP) is 2.19. The summed E-state index contributed by atoms with van der Waals surface area (Å²) in [5.74, 6) is -2.14. The van der Waals surface area contributed by atoms with Crippen LogP contribution in [-0.4, -0.2) is 25.2 Å². The fraction of sp³-hybridized carbons (Fsp3) is 0.692. The molecule has 4 nitrogen and oxygen atoms in total. The minimum atomic E-state index is -0.910. The van der Waals surface area contributed by atoms with Crippen molar-refractivity contribution < 1.29 is 19.1 Å². The van der Waals surface area contributed by atoms with Gasteiger partial charge in [0.25, 0.3) is 0 Å². The molecule has 0 aromatic carbocycles. The van der Waals surface area contributed by atoms with Crippen molar-refractivity contribution in [3.8, 4) is 0 Å². The van der Waals surface area contributed by atoms with Crippen molar-refractivity contribution in [1.82, 2.24) is 0 Å². The Morgan fingerprint density at radius 2 is 1.53 bits per heavy atom. The number of carbonyl (C=O) groups is 2. The highest BCUT2D eigenvalue weighted by Crippen LogP contribution is 2.25. The topological polar surface area (TPSA) is 52.6 Å². The first-order valence-electron chi connectivity index (χ1n) is 5.95. The van der Waals surface area contributed by atoms with Crippen LogP contribution in [0.3, 0.4) is 0 Å². The van der Waals surface area contributed by atoms with E-state index in [-0.39, 0.29) is 25.0 Å². The SMILES string of the molecule is C=CC(C(C)C)C(C(=O)OCC)C(=O)OCC. The average molecular weight is 242 g/mol. The minimum absolute atomic E-state index is 0.117. The van der Waals surface area contributed by atoms with Gasteiger partial charge in [-0.05, 0) is 19.8 Å². The van der Waals surface area contributed by atoms with E-state index in [0.29, 0.717) is 0 Å². The van der Waals surface area contributed by atoms with Crippen LogP contribution < -0.4 is 0 Å². The Balaban J connectivity index is 5.00. The van der Waals surface area contributed by atoms with E-state index in [2.05, 4.69) is 6.58 Å². The van der Waals surface area contributed by atoms with Crippen molar-refractivity contribution in [2.45, 2.75) is 27.7 Å². The first-order chi connectivity index (χ1) is 7.99. The van der Waals surface area contributed by atoms with E-state index in [9.17, 15) is 9.59 Å². The van der Waals surface area contributed by atoms with Gasteiger partial charge in [-0.3, -0.25) is 9.59 Å². The Morgan fingerprint density at radius 1 is 1.12 bits per heavy atom. The third-order valence-electron chi connectivity index (χ3n) is 2.51. The lowest BCUT2D eigenvalue weighted by atomic mass is 9.83. The molecule has 0 aromatic heterocycles. The van der Waals surface area contributed by atoms with E-state index >= 15 is 0 Å². The van der Waals surface area contributed by atoms with Crippen molar-refractivity contribution in [1.29, 1.82) is 0 Å². The average Bonchev–Trinajstić information content (AvgIpc) is 2.25. The molecule has 0 aliphatic heterocycles. The molecule has 0 aliphatic carbocycles. The maximum absolute atomic E-state index is 11.8. The molecule has 0 bridgehead atoms. The second-order valence-electron chi connectivity index (χ2n) is 4.04. The molecule has 0 spiro atoms. The summed E-state index contributed by atoms with van der Waals surface area (Å²) >= 11 is 0. The summed E-state index contributed by atoms with van der Waals surface area (Å²) in [4.78, 5) is 23.6. The summed E-state index contributed by atoms with van der Waals surface area (Å²) in [6.07, 6.45) is 1.61. The number of rotatable bonds is 7. The van der Waals surface area contributed by atoms with Gasteiger partial charge in [-0.15, -0.1) is 6.58 Å². The van der Waals surface area contributed by atoms with Crippen molar-refractivity contribution >= 4 is 11.9 Å². The van der Waals surface area contributed by atoms with Crippen LogP contribution in [0, 0.1) is 17.8 Å². The van der Waals surface area contributed by atoms with Gasteiger partial charge in [0.2, 0.25) is 0 Å². The van der Waals surface area contributed by atoms with Crippen LogP contribution in [0.4, 0.5) is 0 Å². The number of allylic oxidation sites excluding steroid dienone is 1. The van der Waals surface area contributed by atoms with Crippen molar-refractivity contribution in [2.24, 2.45) is 17.8 Å². The molecule has 0 rings (SSSR count). The fourth-order valence-corrected chi connectivity index (χ4v) is 1.67. The van der Waals surface area contributed by atoms with Gasteiger partial charge in [0.1, 0.15) is 0 Å². The monoisotopic (exact) mass is 242 g/mol. The number of carbonyl (C=O) groups excluding carboxylic acids is 2. The van der Waals surface area contributed by atoms with Crippen LogP contribution in [0.1, 0.15) is 27.7 Å². The summed E-state index contributed by atoms with van der Waals surface area (Å²) in [5, 5.41) is 0. The van der Waals surface area contributed by atoms with Gasteiger partial charge in [0.15, 0.2) is 5.92 Å². The molecule has 1 unspecified atom stereocenters. The molecule has 17 heavy (non-hydrogen) atoms. The van der Waals surface area contributed by atoms with Gasteiger partial charge in [0, 0.05) is 5.92 Å². The molecular formula is C13H22O4. The molecule has 4 heteroatoms. The Bertz CT molecular complexity index is 253. The molecule has 0 amide bonds. The summed E-state index contributed by atoms with van der Waals surface area (Å²) in [5.41, 5.74) is 0. The highest BCUT2D eigenvalue weighted by Gasteiger charge is 2.37. The zero-order valence-corrected chi connectivity index (χ0v) is 11.1. The normalized spacial score (nSPS) is 12.4. The predicted molar refractivity (Wildman–Crippen MR) is 65.3 cm³/mol. The van der Waals surface area contributed by atoms with E-state index in [1.54, 1.807) is 19.9 Å². The van der Waals surface area contributed by atoms with Crippen LogP contribution in [-0.2, 0) is 19.1 Å². The smallest absolute Gasteiger partial charge is 0.320 e. The quantitative estimate of drug-likeness (QED) is 0.390. The molecular weight excluding hydrogens is 220 g/mol. The highest BCUT2D eigenvalue weighted by molar-refractivity contribution is 5.95. The molecule has 0 heterocycles. The van der Waals surface area contributed by atoms with Crippen molar-refractivity contribution in [2.75, 3.05) is 13.2 Å². The summed E-state index contributed by atoms with van der Waals surface area (Å²) < 4.78 is 9.83. The Kier molecular flexibility index (Phi) is 7.26. The fourth-order valence-electron chi connectivity index (χ4n) is 1.67. The first-order valence-corrected chi connectivity index (χ1v) is 5.95. The lowest BCUT2D eigenvalue weighted by molar-refractivity contribution is -0.164. The minimum Gasteiger partial charge on any atom is -0.465 e. The van der Waals surface area contributed by atoms with Gasteiger partial charge in [-0.1, -0.05) is 19.9 Å². The van der Waals surface area contributed by atoms with E-state index < -0.39 is 17.9 Å². The molecule has 1 atom stereocenters. The van der Waals surface area contributed by atoms with Gasteiger partial charge < -0.3 is 9.47 Å². The highest BCUT2D eigenvalue weighted by atomic mass is 16.6. The summed E-state index contributed by atoms with van der Waals surface area (Å²) in [6.45, 7) is 11.4. The van der Waals surface area contributed by atoms with Crippen LogP contribution in [0.25, 0.3) is 0 Å². The molecule has 0 radical (unpaired) electrons. The van der Waals surface area contributed by atoms with Gasteiger partial charge in [0.05, 0.1) is 13.2 Å². The molecule has 0 aliphatic rings. The maximum atomic E-state index is 11.8. The molecule has 0 N–H and O–H groups in total. The standard InChI is InChI=1S/C13H22O4/c1-6-10(9(4)5)11(12(14)16-7-2)13(15)17-8-3/h6,9-11H,1,7-8H2,2-5H3. The lowest BCUT2D eigenvalue weighted by Gasteiger charge is -2.24. The second kappa shape index (κ2) is 7.87. The number of esters is 2. The molecule has 0 fully saturated rings. The molecule has 98 valence electrons. The summed E-state index contributed by atoms with van der Waals surface area (Å²) in [6, 6.07) is 0. The van der Waals surface area contributed by atoms with E-state index in [4.69, 9.17) is 9.47 Å². The van der Waals surface area contributed by atoms with E-state index in [1.165, 1.54) is 0 Å².